The highest BCUT2D eigenvalue weighted by Crippen LogP contribution is 2.27. The smallest absolute Gasteiger partial charge is 0.352 e. The fourth-order valence-electron chi connectivity index (χ4n) is 2.11. The fourth-order valence-corrected chi connectivity index (χ4v) is 2.11. The van der Waals surface area contributed by atoms with E-state index in [4.69, 9.17) is 5.73 Å². The van der Waals surface area contributed by atoms with Crippen molar-refractivity contribution in [1.82, 2.24) is 4.57 Å². The summed E-state index contributed by atoms with van der Waals surface area (Å²) < 4.78 is 1.80. The van der Waals surface area contributed by atoms with E-state index in [1.54, 1.807) is 10.6 Å². The standard InChI is InChI=1S/C14H16N2O2/c1-9(2)16-12(6-7-13(16)14(17)18)10-4-3-5-11(15)8-10/h3-9H,15H2,1-2H3,(H,17,18). The third kappa shape index (κ3) is 2.09. The van der Waals surface area contributed by atoms with Crippen LogP contribution in [0.15, 0.2) is 36.4 Å². The monoisotopic (exact) mass is 244 g/mol. The van der Waals surface area contributed by atoms with Crippen molar-refractivity contribution in [3.8, 4) is 11.3 Å². The van der Waals surface area contributed by atoms with Gasteiger partial charge in [0.05, 0.1) is 0 Å². The van der Waals surface area contributed by atoms with Crippen LogP contribution in [0.2, 0.25) is 0 Å². The van der Waals surface area contributed by atoms with E-state index in [1.165, 1.54) is 0 Å². The number of rotatable bonds is 3. The van der Waals surface area contributed by atoms with E-state index in [9.17, 15) is 9.90 Å². The number of aromatic nitrogens is 1. The molecule has 0 spiro atoms. The Balaban J connectivity index is 2.61. The summed E-state index contributed by atoms with van der Waals surface area (Å²) in [6, 6.07) is 11.0. The molecule has 1 heterocycles. The Kier molecular flexibility index (Phi) is 3.10. The molecular weight excluding hydrogens is 228 g/mol. The number of nitrogens with two attached hydrogens (primary N) is 1. The van der Waals surface area contributed by atoms with E-state index in [1.807, 2.05) is 44.2 Å². The maximum Gasteiger partial charge on any atom is 0.352 e. The molecule has 0 saturated heterocycles. The Morgan fingerprint density at radius 3 is 2.56 bits per heavy atom. The molecule has 0 bridgehead atoms. The molecule has 1 aromatic heterocycles. The van der Waals surface area contributed by atoms with Crippen molar-refractivity contribution in [3.63, 3.8) is 0 Å². The predicted molar refractivity (Wildman–Crippen MR) is 71.6 cm³/mol. The quantitative estimate of drug-likeness (QED) is 0.815. The van der Waals surface area contributed by atoms with Gasteiger partial charge in [-0.15, -0.1) is 0 Å². The minimum atomic E-state index is -0.918. The molecule has 94 valence electrons. The molecule has 0 saturated carbocycles. The average Bonchev–Trinajstić information content (AvgIpc) is 2.73. The van der Waals surface area contributed by atoms with Crippen LogP contribution in [0, 0.1) is 0 Å². The molecule has 18 heavy (non-hydrogen) atoms. The molecule has 0 aliphatic heterocycles. The summed E-state index contributed by atoms with van der Waals surface area (Å²) in [6.07, 6.45) is 0. The number of carboxylic acid groups (broad SMARTS) is 1. The largest absolute Gasteiger partial charge is 0.477 e. The Bertz CT molecular complexity index is 585. The molecule has 0 atom stereocenters. The van der Waals surface area contributed by atoms with Gasteiger partial charge in [-0.05, 0) is 38.1 Å². The minimum absolute atomic E-state index is 0.0718. The third-order valence-corrected chi connectivity index (χ3v) is 2.84. The van der Waals surface area contributed by atoms with E-state index >= 15 is 0 Å². The van der Waals surface area contributed by atoms with Crippen LogP contribution < -0.4 is 5.73 Å². The van der Waals surface area contributed by atoms with Crippen molar-refractivity contribution in [2.75, 3.05) is 5.73 Å². The normalized spacial score (nSPS) is 10.8. The lowest BCUT2D eigenvalue weighted by Gasteiger charge is -2.15. The van der Waals surface area contributed by atoms with Gasteiger partial charge in [-0.1, -0.05) is 12.1 Å². The average molecular weight is 244 g/mol. The number of aromatic carboxylic acids is 1. The first kappa shape index (κ1) is 12.2. The Morgan fingerprint density at radius 1 is 1.28 bits per heavy atom. The van der Waals surface area contributed by atoms with E-state index in [-0.39, 0.29) is 6.04 Å². The van der Waals surface area contributed by atoms with E-state index in [2.05, 4.69) is 0 Å². The second kappa shape index (κ2) is 4.56. The summed E-state index contributed by atoms with van der Waals surface area (Å²) >= 11 is 0. The van der Waals surface area contributed by atoms with Crippen LogP contribution in [0.25, 0.3) is 11.3 Å². The number of hydrogen-bond donors (Lipinski definition) is 2. The number of hydrogen-bond acceptors (Lipinski definition) is 2. The van der Waals surface area contributed by atoms with Crippen molar-refractivity contribution in [2.24, 2.45) is 0 Å². The van der Waals surface area contributed by atoms with Gasteiger partial charge in [-0.25, -0.2) is 4.79 Å². The molecule has 0 radical (unpaired) electrons. The molecule has 1 aromatic carbocycles. The van der Waals surface area contributed by atoms with Gasteiger partial charge in [0.25, 0.3) is 0 Å². The summed E-state index contributed by atoms with van der Waals surface area (Å²) in [5, 5.41) is 9.18. The van der Waals surface area contributed by atoms with Gasteiger partial charge in [0.2, 0.25) is 0 Å². The maximum absolute atomic E-state index is 11.2. The molecule has 2 aromatic rings. The van der Waals surface area contributed by atoms with Gasteiger partial charge >= 0.3 is 5.97 Å². The molecule has 0 unspecified atom stereocenters. The molecule has 0 fully saturated rings. The fraction of sp³-hybridized carbons (Fsp3) is 0.214. The molecule has 4 heteroatoms. The van der Waals surface area contributed by atoms with Crippen molar-refractivity contribution in [1.29, 1.82) is 0 Å². The topological polar surface area (TPSA) is 68.2 Å². The molecule has 0 aliphatic rings. The zero-order chi connectivity index (χ0) is 13.3. The Labute approximate surface area is 106 Å². The Hall–Kier alpha value is -2.23. The van der Waals surface area contributed by atoms with E-state index < -0.39 is 5.97 Å². The van der Waals surface area contributed by atoms with Crippen LogP contribution in [0.5, 0.6) is 0 Å². The maximum atomic E-state index is 11.2. The molecule has 4 nitrogen and oxygen atoms in total. The molecule has 0 aliphatic carbocycles. The first-order valence-corrected chi connectivity index (χ1v) is 5.81. The number of nitrogen functional groups attached to an aromatic ring is 1. The first-order chi connectivity index (χ1) is 8.50. The summed E-state index contributed by atoms with van der Waals surface area (Å²) in [5.41, 5.74) is 8.52. The number of carboxylic acids is 1. The van der Waals surface area contributed by atoms with Crippen LogP contribution in [-0.4, -0.2) is 15.6 Å². The number of carbonyl (C=O) groups is 1. The highest BCUT2D eigenvalue weighted by Gasteiger charge is 2.17. The summed E-state index contributed by atoms with van der Waals surface area (Å²) in [5.74, 6) is -0.918. The van der Waals surface area contributed by atoms with Crippen LogP contribution >= 0.6 is 0 Å². The van der Waals surface area contributed by atoms with E-state index in [0.717, 1.165) is 11.3 Å². The highest BCUT2D eigenvalue weighted by atomic mass is 16.4. The zero-order valence-corrected chi connectivity index (χ0v) is 10.4. The number of nitrogens with zero attached hydrogens (tertiary/aromatic N) is 1. The highest BCUT2D eigenvalue weighted by molar-refractivity contribution is 5.87. The first-order valence-electron chi connectivity index (χ1n) is 5.81. The second-order valence-electron chi connectivity index (χ2n) is 4.50. The number of anilines is 1. The molecule has 2 rings (SSSR count). The van der Waals surface area contributed by atoms with Crippen molar-refractivity contribution >= 4 is 11.7 Å². The van der Waals surface area contributed by atoms with Gasteiger partial charge in [-0.3, -0.25) is 0 Å². The van der Waals surface area contributed by atoms with Gasteiger partial charge in [0.15, 0.2) is 0 Å². The zero-order valence-electron chi connectivity index (χ0n) is 10.4. The second-order valence-corrected chi connectivity index (χ2v) is 4.50. The SMILES string of the molecule is CC(C)n1c(C(=O)O)ccc1-c1cccc(N)c1. The van der Waals surface area contributed by atoms with Crippen LogP contribution in [0.1, 0.15) is 30.4 Å². The van der Waals surface area contributed by atoms with Crippen molar-refractivity contribution in [2.45, 2.75) is 19.9 Å². The number of benzene rings is 1. The van der Waals surface area contributed by atoms with Crippen LogP contribution in [-0.2, 0) is 0 Å². The van der Waals surface area contributed by atoms with E-state index in [0.29, 0.717) is 11.4 Å². The summed E-state index contributed by atoms with van der Waals surface area (Å²) in [7, 11) is 0. The van der Waals surface area contributed by atoms with Crippen molar-refractivity contribution in [3.05, 3.63) is 42.1 Å². The van der Waals surface area contributed by atoms with Crippen LogP contribution in [0.3, 0.4) is 0 Å². The van der Waals surface area contributed by atoms with Crippen molar-refractivity contribution < 1.29 is 9.90 Å². The minimum Gasteiger partial charge on any atom is -0.477 e. The van der Waals surface area contributed by atoms with Gasteiger partial charge in [0, 0.05) is 23.0 Å². The van der Waals surface area contributed by atoms with Crippen LogP contribution in [0.4, 0.5) is 5.69 Å². The predicted octanol–water partition coefficient (Wildman–Crippen LogP) is 3.02. The Morgan fingerprint density at radius 2 is 2.00 bits per heavy atom. The summed E-state index contributed by atoms with van der Waals surface area (Å²) in [4.78, 5) is 11.2. The van der Waals surface area contributed by atoms with Gasteiger partial charge in [-0.2, -0.15) is 0 Å². The molecule has 0 amide bonds. The van der Waals surface area contributed by atoms with Gasteiger partial charge in [0.1, 0.15) is 5.69 Å². The lowest BCUT2D eigenvalue weighted by Crippen LogP contribution is -2.11. The molecular formula is C14H16N2O2. The third-order valence-electron chi connectivity index (χ3n) is 2.84. The lowest BCUT2D eigenvalue weighted by molar-refractivity contribution is 0.0683. The molecule has 3 N–H and O–H groups in total. The lowest BCUT2D eigenvalue weighted by atomic mass is 10.1. The summed E-state index contributed by atoms with van der Waals surface area (Å²) in [6.45, 7) is 3.92. The van der Waals surface area contributed by atoms with Gasteiger partial charge < -0.3 is 15.4 Å².